The van der Waals surface area contributed by atoms with Crippen molar-refractivity contribution in [1.29, 1.82) is 0 Å². The molecule has 0 aromatic heterocycles. The topological polar surface area (TPSA) is 75.6 Å². The van der Waals surface area contributed by atoms with Crippen LogP contribution in [0.1, 0.15) is 20.3 Å². The highest BCUT2D eigenvalue weighted by molar-refractivity contribution is 5.81. The summed E-state index contributed by atoms with van der Waals surface area (Å²) in [4.78, 5) is 22.2. The summed E-state index contributed by atoms with van der Waals surface area (Å²) < 4.78 is 18.2. The molecule has 2 N–H and O–H groups in total. The molecular weight excluding hydrogens is 253 g/mol. The van der Waals surface area contributed by atoms with Crippen molar-refractivity contribution in [2.75, 3.05) is 0 Å². The van der Waals surface area contributed by atoms with Crippen LogP contribution in [-0.4, -0.2) is 29.1 Å². The predicted molar refractivity (Wildman–Crippen MR) is 66.3 cm³/mol. The predicted octanol–water partition coefficient (Wildman–Crippen LogP) is 1.57. The average Bonchev–Trinajstić information content (AvgIpc) is 2.27. The molecule has 104 valence electrons. The number of hydrogen-bond acceptors (Lipinski definition) is 3. The minimum Gasteiger partial charge on any atom is -0.481 e. The molecule has 1 rings (SSSR count). The van der Waals surface area contributed by atoms with Gasteiger partial charge in [-0.2, -0.15) is 0 Å². The van der Waals surface area contributed by atoms with E-state index in [0.717, 1.165) is 0 Å². The third-order valence-electron chi connectivity index (χ3n) is 2.35. The van der Waals surface area contributed by atoms with Crippen LogP contribution in [-0.2, 0) is 9.59 Å². The van der Waals surface area contributed by atoms with Crippen LogP contribution in [0, 0.1) is 5.82 Å². The number of carbonyl (C=O) groups excluding carboxylic acids is 1. The van der Waals surface area contributed by atoms with Gasteiger partial charge >= 0.3 is 5.97 Å². The number of carboxylic acids is 1. The van der Waals surface area contributed by atoms with E-state index in [1.807, 2.05) is 0 Å². The molecule has 0 saturated carbocycles. The summed E-state index contributed by atoms with van der Waals surface area (Å²) in [5.74, 6) is -1.65. The van der Waals surface area contributed by atoms with E-state index < -0.39 is 29.8 Å². The zero-order valence-corrected chi connectivity index (χ0v) is 10.7. The highest BCUT2D eigenvalue weighted by Gasteiger charge is 2.18. The lowest BCUT2D eigenvalue weighted by Gasteiger charge is -2.17. The van der Waals surface area contributed by atoms with E-state index in [1.165, 1.54) is 31.2 Å². The number of benzene rings is 1. The molecule has 0 bridgehead atoms. The van der Waals surface area contributed by atoms with Gasteiger partial charge in [0.25, 0.3) is 5.91 Å². The summed E-state index contributed by atoms with van der Waals surface area (Å²) in [6.45, 7) is 3.09. The van der Waals surface area contributed by atoms with Gasteiger partial charge in [0.15, 0.2) is 6.10 Å². The molecule has 1 aromatic carbocycles. The lowest BCUT2D eigenvalue weighted by Crippen LogP contribution is -2.42. The summed E-state index contributed by atoms with van der Waals surface area (Å²) in [7, 11) is 0. The van der Waals surface area contributed by atoms with E-state index >= 15 is 0 Å². The van der Waals surface area contributed by atoms with Gasteiger partial charge in [-0.1, -0.05) is 6.07 Å². The second kappa shape index (κ2) is 6.72. The van der Waals surface area contributed by atoms with Crippen molar-refractivity contribution >= 4 is 11.9 Å². The summed E-state index contributed by atoms with van der Waals surface area (Å²) in [5.41, 5.74) is 0. The van der Waals surface area contributed by atoms with Crippen molar-refractivity contribution in [3.8, 4) is 5.75 Å². The van der Waals surface area contributed by atoms with Gasteiger partial charge in [0.1, 0.15) is 11.6 Å². The molecule has 2 atom stereocenters. The van der Waals surface area contributed by atoms with Gasteiger partial charge in [0.2, 0.25) is 0 Å². The van der Waals surface area contributed by atoms with E-state index in [9.17, 15) is 14.0 Å². The quantitative estimate of drug-likeness (QED) is 0.822. The fraction of sp³-hybridized carbons (Fsp3) is 0.385. The zero-order chi connectivity index (χ0) is 14.4. The number of aliphatic carboxylic acids is 1. The van der Waals surface area contributed by atoms with Crippen LogP contribution in [0.15, 0.2) is 24.3 Å². The van der Waals surface area contributed by atoms with Crippen LogP contribution >= 0.6 is 0 Å². The number of rotatable bonds is 6. The Morgan fingerprint density at radius 3 is 2.68 bits per heavy atom. The van der Waals surface area contributed by atoms with E-state index in [-0.39, 0.29) is 12.2 Å². The maximum absolute atomic E-state index is 12.9. The van der Waals surface area contributed by atoms with Gasteiger partial charge < -0.3 is 15.2 Å². The van der Waals surface area contributed by atoms with Crippen molar-refractivity contribution < 1.29 is 23.8 Å². The zero-order valence-electron chi connectivity index (χ0n) is 10.7. The molecule has 0 spiro atoms. The van der Waals surface area contributed by atoms with E-state index in [1.54, 1.807) is 6.92 Å². The monoisotopic (exact) mass is 269 g/mol. The molecule has 1 aromatic rings. The number of carbonyl (C=O) groups is 2. The third-order valence-corrected chi connectivity index (χ3v) is 2.35. The fourth-order valence-corrected chi connectivity index (χ4v) is 1.47. The smallest absolute Gasteiger partial charge is 0.305 e. The van der Waals surface area contributed by atoms with E-state index in [4.69, 9.17) is 9.84 Å². The number of carboxylic acid groups (broad SMARTS) is 1. The van der Waals surface area contributed by atoms with Crippen LogP contribution in [0.2, 0.25) is 0 Å². The first-order valence-electron chi connectivity index (χ1n) is 5.83. The van der Waals surface area contributed by atoms with Gasteiger partial charge in [0, 0.05) is 12.1 Å². The molecule has 0 aliphatic carbocycles. The average molecular weight is 269 g/mol. The molecule has 0 aliphatic rings. The Balaban J connectivity index is 2.51. The highest BCUT2D eigenvalue weighted by atomic mass is 19.1. The first kappa shape index (κ1) is 14.9. The van der Waals surface area contributed by atoms with Gasteiger partial charge in [-0.05, 0) is 26.0 Å². The van der Waals surface area contributed by atoms with Crippen LogP contribution in [0.5, 0.6) is 5.75 Å². The van der Waals surface area contributed by atoms with Gasteiger partial charge in [-0.15, -0.1) is 0 Å². The minimum atomic E-state index is -0.994. The summed E-state index contributed by atoms with van der Waals surface area (Å²) >= 11 is 0. The first-order chi connectivity index (χ1) is 8.88. The molecule has 2 unspecified atom stereocenters. The Bertz CT molecular complexity index is 464. The normalized spacial score (nSPS) is 13.4. The Kier molecular flexibility index (Phi) is 5.29. The summed E-state index contributed by atoms with van der Waals surface area (Å²) in [6.07, 6.45) is -1.00. The molecule has 0 heterocycles. The van der Waals surface area contributed by atoms with Crippen LogP contribution < -0.4 is 10.1 Å². The van der Waals surface area contributed by atoms with Crippen LogP contribution in [0.25, 0.3) is 0 Å². The molecular formula is C13H16FNO4. The fourth-order valence-electron chi connectivity index (χ4n) is 1.47. The number of halogens is 1. The molecule has 0 fully saturated rings. The highest BCUT2D eigenvalue weighted by Crippen LogP contribution is 2.13. The lowest BCUT2D eigenvalue weighted by atomic mass is 10.2. The molecule has 0 saturated heterocycles. The van der Waals surface area contributed by atoms with Crippen molar-refractivity contribution in [3.63, 3.8) is 0 Å². The second-order valence-corrected chi connectivity index (χ2v) is 4.22. The first-order valence-corrected chi connectivity index (χ1v) is 5.83. The van der Waals surface area contributed by atoms with Crippen LogP contribution in [0.4, 0.5) is 4.39 Å². The Morgan fingerprint density at radius 1 is 1.42 bits per heavy atom. The molecule has 19 heavy (non-hydrogen) atoms. The SMILES string of the molecule is CC(CC(=O)O)NC(=O)C(C)Oc1cccc(F)c1. The third kappa shape index (κ3) is 5.37. The van der Waals surface area contributed by atoms with E-state index in [0.29, 0.717) is 0 Å². The maximum Gasteiger partial charge on any atom is 0.305 e. The largest absolute Gasteiger partial charge is 0.481 e. The second-order valence-electron chi connectivity index (χ2n) is 4.22. The number of hydrogen-bond donors (Lipinski definition) is 2. The van der Waals surface area contributed by atoms with Crippen molar-refractivity contribution in [1.82, 2.24) is 5.32 Å². The Labute approximate surface area is 110 Å². The number of ether oxygens (including phenoxy) is 1. The van der Waals surface area contributed by atoms with Crippen molar-refractivity contribution in [2.24, 2.45) is 0 Å². The van der Waals surface area contributed by atoms with Gasteiger partial charge in [-0.3, -0.25) is 9.59 Å². The minimum absolute atomic E-state index is 0.168. The van der Waals surface area contributed by atoms with Gasteiger partial charge in [0.05, 0.1) is 6.42 Å². The Morgan fingerprint density at radius 2 is 2.11 bits per heavy atom. The van der Waals surface area contributed by atoms with Crippen LogP contribution in [0.3, 0.4) is 0 Å². The van der Waals surface area contributed by atoms with E-state index in [2.05, 4.69) is 5.32 Å². The van der Waals surface area contributed by atoms with Crippen molar-refractivity contribution in [2.45, 2.75) is 32.4 Å². The number of amides is 1. The standard InChI is InChI=1S/C13H16FNO4/c1-8(6-12(16)17)15-13(18)9(2)19-11-5-3-4-10(14)7-11/h3-5,7-9H,6H2,1-2H3,(H,15,18)(H,16,17). The summed E-state index contributed by atoms with van der Waals surface area (Å²) in [6, 6.07) is 4.95. The Hall–Kier alpha value is -2.11. The number of nitrogens with one attached hydrogen (secondary N) is 1. The molecule has 0 radical (unpaired) electrons. The molecule has 0 aliphatic heterocycles. The van der Waals surface area contributed by atoms with Gasteiger partial charge in [-0.25, -0.2) is 4.39 Å². The maximum atomic E-state index is 12.9. The molecule has 5 nitrogen and oxygen atoms in total. The molecule has 1 amide bonds. The molecule has 6 heteroatoms. The lowest BCUT2D eigenvalue weighted by molar-refractivity contribution is -0.137. The van der Waals surface area contributed by atoms with Crippen molar-refractivity contribution in [3.05, 3.63) is 30.1 Å². The summed E-state index contributed by atoms with van der Waals surface area (Å²) in [5, 5.41) is 11.1.